The summed E-state index contributed by atoms with van der Waals surface area (Å²) in [5.41, 5.74) is 1.76. The number of halogens is 1. The Morgan fingerprint density at radius 2 is 1.97 bits per heavy atom. The molecule has 0 radical (unpaired) electrons. The molecule has 34 heavy (non-hydrogen) atoms. The lowest BCUT2D eigenvalue weighted by Gasteiger charge is -2.31. The van der Waals surface area contributed by atoms with Gasteiger partial charge in [-0.2, -0.15) is 0 Å². The molecule has 0 atom stereocenters. The molecule has 9 nitrogen and oxygen atoms in total. The van der Waals surface area contributed by atoms with Gasteiger partial charge in [-0.25, -0.2) is 9.67 Å². The van der Waals surface area contributed by atoms with Gasteiger partial charge in [0.05, 0.1) is 13.7 Å². The first-order chi connectivity index (χ1) is 16.5. The highest BCUT2D eigenvalue weighted by Crippen LogP contribution is 2.27. The molecule has 0 aliphatic carbocycles. The molecule has 5 rings (SSSR count). The molecule has 1 aliphatic heterocycles. The van der Waals surface area contributed by atoms with Gasteiger partial charge in [0.2, 0.25) is 0 Å². The number of benzene rings is 2. The Morgan fingerprint density at radius 1 is 1.18 bits per heavy atom. The Balaban J connectivity index is 1.34. The number of piperidine rings is 1. The van der Waals surface area contributed by atoms with Crippen LogP contribution in [0.3, 0.4) is 0 Å². The summed E-state index contributed by atoms with van der Waals surface area (Å²) in [5, 5.41) is 8.75. The highest BCUT2D eigenvalue weighted by molar-refractivity contribution is 6.31. The average Bonchev–Trinajstić information content (AvgIpc) is 3.28. The lowest BCUT2D eigenvalue weighted by atomic mass is 9.95. The zero-order valence-electron chi connectivity index (χ0n) is 18.6. The van der Waals surface area contributed by atoms with Crippen LogP contribution in [0.2, 0.25) is 5.02 Å². The van der Waals surface area contributed by atoms with Gasteiger partial charge in [-0.1, -0.05) is 41.1 Å². The third-order valence-corrected chi connectivity index (χ3v) is 6.52. The number of nitrogens with one attached hydrogen (secondary N) is 1. The van der Waals surface area contributed by atoms with Crippen LogP contribution in [0.5, 0.6) is 5.75 Å². The van der Waals surface area contributed by atoms with Crippen molar-refractivity contribution in [1.82, 2.24) is 29.9 Å². The van der Waals surface area contributed by atoms with Crippen LogP contribution in [0.1, 0.15) is 40.5 Å². The standard InChI is InChI=1S/C24H23ClN6O3/c1-34-18-7-4-6-16(13-18)24(33)30-11-9-15(10-12-30)21-26-22-20(23(32)27-21)28-29-31(22)14-17-5-2-3-8-19(17)25/h2-8,13,15H,9-12,14H2,1H3,(H,26,27,32). The number of fused-ring (bicyclic) bond motifs is 1. The van der Waals surface area contributed by atoms with E-state index < -0.39 is 0 Å². The van der Waals surface area contributed by atoms with Crippen molar-refractivity contribution < 1.29 is 9.53 Å². The number of likely N-dealkylation sites (tertiary alicyclic amines) is 1. The molecule has 1 fully saturated rings. The molecule has 174 valence electrons. The number of amides is 1. The number of carbonyl (C=O) groups excluding carboxylic acids is 1. The van der Waals surface area contributed by atoms with Gasteiger partial charge in [0, 0.05) is 29.6 Å². The number of aromatic amines is 1. The van der Waals surface area contributed by atoms with Crippen molar-refractivity contribution in [1.29, 1.82) is 0 Å². The van der Waals surface area contributed by atoms with Crippen molar-refractivity contribution in [2.75, 3.05) is 20.2 Å². The lowest BCUT2D eigenvalue weighted by molar-refractivity contribution is 0.0710. The molecule has 10 heteroatoms. The maximum atomic E-state index is 12.9. The first-order valence-corrected chi connectivity index (χ1v) is 11.4. The fourth-order valence-electron chi connectivity index (χ4n) is 4.27. The molecule has 4 aromatic rings. The second-order valence-corrected chi connectivity index (χ2v) is 8.67. The summed E-state index contributed by atoms with van der Waals surface area (Å²) in [5.74, 6) is 1.23. The average molecular weight is 479 g/mol. The predicted molar refractivity (Wildman–Crippen MR) is 127 cm³/mol. The van der Waals surface area contributed by atoms with Gasteiger partial charge in [0.1, 0.15) is 11.6 Å². The van der Waals surface area contributed by atoms with Crippen LogP contribution in [0.4, 0.5) is 0 Å². The van der Waals surface area contributed by atoms with Crippen molar-refractivity contribution in [3.8, 4) is 5.75 Å². The summed E-state index contributed by atoms with van der Waals surface area (Å²) in [6.07, 6.45) is 1.38. The van der Waals surface area contributed by atoms with E-state index in [2.05, 4.69) is 15.3 Å². The Morgan fingerprint density at radius 3 is 2.74 bits per heavy atom. The monoisotopic (exact) mass is 478 g/mol. The van der Waals surface area contributed by atoms with E-state index >= 15 is 0 Å². The molecule has 1 aliphatic rings. The number of methoxy groups -OCH3 is 1. The van der Waals surface area contributed by atoms with Gasteiger partial charge in [-0.15, -0.1) is 5.10 Å². The van der Waals surface area contributed by atoms with Gasteiger partial charge in [-0.3, -0.25) is 9.59 Å². The SMILES string of the molecule is COc1cccc(C(=O)N2CCC(c3nc4c(nnn4Cc4ccccc4Cl)c(=O)[nH]3)CC2)c1. The van der Waals surface area contributed by atoms with Gasteiger partial charge in [0.15, 0.2) is 11.2 Å². The molecule has 0 bridgehead atoms. The van der Waals surface area contributed by atoms with E-state index in [0.29, 0.717) is 60.3 Å². The number of carbonyl (C=O) groups is 1. The second kappa shape index (κ2) is 9.26. The maximum Gasteiger partial charge on any atom is 0.281 e. The largest absolute Gasteiger partial charge is 0.497 e. The number of hydrogen-bond acceptors (Lipinski definition) is 6. The molecule has 2 aromatic heterocycles. The molecule has 0 spiro atoms. The number of aromatic nitrogens is 5. The minimum absolute atomic E-state index is 0.0233. The van der Waals surface area contributed by atoms with E-state index in [4.69, 9.17) is 21.3 Å². The Labute approximate surface area is 200 Å². The van der Waals surface area contributed by atoms with Crippen LogP contribution in [-0.4, -0.2) is 56.0 Å². The van der Waals surface area contributed by atoms with E-state index in [1.54, 1.807) is 23.9 Å². The summed E-state index contributed by atoms with van der Waals surface area (Å²) < 4.78 is 6.82. The number of nitrogens with zero attached hydrogens (tertiary/aromatic N) is 5. The van der Waals surface area contributed by atoms with E-state index in [-0.39, 0.29) is 22.9 Å². The van der Waals surface area contributed by atoms with Crippen LogP contribution in [-0.2, 0) is 6.54 Å². The quantitative estimate of drug-likeness (QED) is 0.472. The highest BCUT2D eigenvalue weighted by Gasteiger charge is 2.27. The molecule has 2 aromatic carbocycles. The fourth-order valence-corrected chi connectivity index (χ4v) is 4.46. The maximum absolute atomic E-state index is 12.9. The third kappa shape index (κ3) is 4.26. The smallest absolute Gasteiger partial charge is 0.281 e. The molecule has 1 saturated heterocycles. The summed E-state index contributed by atoms with van der Waals surface area (Å²) in [7, 11) is 1.58. The van der Waals surface area contributed by atoms with Gasteiger partial charge < -0.3 is 14.6 Å². The van der Waals surface area contributed by atoms with Gasteiger partial charge in [0.25, 0.3) is 11.5 Å². The Bertz CT molecular complexity index is 1410. The third-order valence-electron chi connectivity index (χ3n) is 6.16. The van der Waals surface area contributed by atoms with Crippen molar-refractivity contribution in [3.63, 3.8) is 0 Å². The molecule has 0 saturated carbocycles. The number of hydrogen-bond donors (Lipinski definition) is 1. The van der Waals surface area contributed by atoms with E-state index in [1.165, 1.54) is 0 Å². The second-order valence-electron chi connectivity index (χ2n) is 8.26. The zero-order chi connectivity index (χ0) is 23.7. The minimum Gasteiger partial charge on any atom is -0.497 e. The predicted octanol–water partition coefficient (Wildman–Crippen LogP) is 3.24. The molecule has 3 heterocycles. The molecule has 0 unspecified atom stereocenters. The van der Waals surface area contributed by atoms with Crippen LogP contribution >= 0.6 is 11.6 Å². The normalized spacial score (nSPS) is 14.5. The molecular formula is C24H23ClN6O3. The molecular weight excluding hydrogens is 456 g/mol. The molecule has 1 N–H and O–H groups in total. The van der Waals surface area contributed by atoms with Crippen molar-refractivity contribution in [3.05, 3.63) is 80.9 Å². The number of H-pyrrole nitrogens is 1. The number of rotatable bonds is 5. The Hall–Kier alpha value is -3.72. The van der Waals surface area contributed by atoms with E-state index in [1.807, 2.05) is 41.3 Å². The van der Waals surface area contributed by atoms with Crippen molar-refractivity contribution in [2.24, 2.45) is 0 Å². The summed E-state index contributed by atoms with van der Waals surface area (Å²) in [6.45, 7) is 1.50. The van der Waals surface area contributed by atoms with Crippen LogP contribution < -0.4 is 10.3 Å². The lowest BCUT2D eigenvalue weighted by Crippen LogP contribution is -2.38. The van der Waals surface area contributed by atoms with E-state index in [9.17, 15) is 9.59 Å². The van der Waals surface area contributed by atoms with Gasteiger partial charge in [-0.05, 0) is 42.7 Å². The van der Waals surface area contributed by atoms with E-state index in [0.717, 1.165) is 5.56 Å². The number of ether oxygens (including phenoxy) is 1. The summed E-state index contributed by atoms with van der Waals surface area (Å²) >= 11 is 6.29. The fraction of sp³-hybridized carbons (Fsp3) is 0.292. The van der Waals surface area contributed by atoms with Gasteiger partial charge >= 0.3 is 0 Å². The van der Waals surface area contributed by atoms with Crippen molar-refractivity contribution >= 4 is 28.7 Å². The topological polar surface area (TPSA) is 106 Å². The van der Waals surface area contributed by atoms with Crippen LogP contribution in [0.25, 0.3) is 11.2 Å². The first kappa shape index (κ1) is 22.1. The first-order valence-electron chi connectivity index (χ1n) is 11.0. The van der Waals surface area contributed by atoms with Crippen LogP contribution in [0.15, 0.2) is 53.3 Å². The molecule has 1 amide bonds. The summed E-state index contributed by atoms with van der Waals surface area (Å²) in [6, 6.07) is 14.6. The summed E-state index contributed by atoms with van der Waals surface area (Å²) in [4.78, 5) is 35.0. The van der Waals surface area contributed by atoms with Crippen molar-refractivity contribution in [2.45, 2.75) is 25.3 Å². The minimum atomic E-state index is -0.319. The zero-order valence-corrected chi connectivity index (χ0v) is 19.3. The van der Waals surface area contributed by atoms with Crippen LogP contribution in [0, 0.1) is 0 Å². The Kier molecular flexibility index (Phi) is 6.02. The highest BCUT2D eigenvalue weighted by atomic mass is 35.5.